The molecule has 0 aliphatic carbocycles. The van der Waals surface area contributed by atoms with Crippen molar-refractivity contribution < 1.29 is 19.5 Å². The van der Waals surface area contributed by atoms with Gasteiger partial charge in [-0.1, -0.05) is 44.2 Å². The molecular weight excluding hydrogens is 360 g/mol. The number of nitrogens with two attached hydrogens (primary N) is 2. The molecule has 8 heteroatoms. The van der Waals surface area contributed by atoms with Gasteiger partial charge in [0.25, 0.3) is 0 Å². The third-order valence-electron chi connectivity index (χ3n) is 4.50. The van der Waals surface area contributed by atoms with E-state index in [9.17, 15) is 19.5 Å². The van der Waals surface area contributed by atoms with Crippen molar-refractivity contribution in [2.24, 2.45) is 17.4 Å². The zero-order valence-electron chi connectivity index (χ0n) is 16.6. The van der Waals surface area contributed by atoms with Crippen molar-refractivity contribution in [3.63, 3.8) is 0 Å². The number of rotatable bonds is 12. The minimum atomic E-state index is -1.12. The number of hydrogen-bond acceptors (Lipinski definition) is 5. The first-order chi connectivity index (χ1) is 13.3. The fraction of sp³-hybridized carbons (Fsp3) is 0.550. The monoisotopic (exact) mass is 392 g/mol. The molecule has 0 bridgehead atoms. The van der Waals surface area contributed by atoms with Crippen LogP contribution >= 0.6 is 0 Å². The average molecular weight is 393 g/mol. The molecule has 8 nitrogen and oxygen atoms in total. The highest BCUT2D eigenvalue weighted by Crippen LogP contribution is 2.07. The smallest absolute Gasteiger partial charge is 0.326 e. The Balaban J connectivity index is 2.90. The number of unbranched alkanes of at least 4 members (excludes halogenated alkanes) is 1. The van der Waals surface area contributed by atoms with E-state index in [0.29, 0.717) is 19.4 Å². The molecule has 0 aliphatic rings. The molecular formula is C20H32N4O4. The molecule has 156 valence electrons. The van der Waals surface area contributed by atoms with Gasteiger partial charge in [0.1, 0.15) is 12.1 Å². The normalized spacial score (nSPS) is 14.2. The maximum absolute atomic E-state index is 12.8. The highest BCUT2D eigenvalue weighted by atomic mass is 16.4. The zero-order chi connectivity index (χ0) is 21.1. The third-order valence-corrected chi connectivity index (χ3v) is 4.50. The summed E-state index contributed by atoms with van der Waals surface area (Å²) >= 11 is 0. The van der Waals surface area contributed by atoms with E-state index in [1.165, 1.54) is 0 Å². The molecule has 28 heavy (non-hydrogen) atoms. The van der Waals surface area contributed by atoms with Gasteiger partial charge in [-0.3, -0.25) is 9.59 Å². The number of carbonyl (C=O) groups is 3. The summed E-state index contributed by atoms with van der Waals surface area (Å²) in [7, 11) is 0. The van der Waals surface area contributed by atoms with Crippen molar-refractivity contribution in [1.29, 1.82) is 0 Å². The SMILES string of the molecule is CC(C)C(N)C(=O)NC(Cc1ccccc1)C(=O)NC(CCCCN)C(=O)O. The Morgan fingerprint density at radius 2 is 1.61 bits per heavy atom. The van der Waals surface area contributed by atoms with E-state index in [4.69, 9.17) is 11.5 Å². The average Bonchev–Trinajstić information content (AvgIpc) is 2.66. The van der Waals surface area contributed by atoms with E-state index in [1.54, 1.807) is 0 Å². The Kier molecular flexibility index (Phi) is 10.2. The molecule has 2 amide bonds. The lowest BCUT2D eigenvalue weighted by Gasteiger charge is -2.24. The van der Waals surface area contributed by atoms with E-state index in [2.05, 4.69) is 10.6 Å². The van der Waals surface area contributed by atoms with Gasteiger partial charge in [0, 0.05) is 6.42 Å². The number of amides is 2. The molecule has 0 saturated heterocycles. The van der Waals surface area contributed by atoms with Gasteiger partial charge in [0.15, 0.2) is 0 Å². The summed E-state index contributed by atoms with van der Waals surface area (Å²) in [5.74, 6) is -2.20. The lowest BCUT2D eigenvalue weighted by atomic mass is 10.0. The highest BCUT2D eigenvalue weighted by Gasteiger charge is 2.28. The van der Waals surface area contributed by atoms with Crippen LogP contribution in [0.5, 0.6) is 0 Å². The van der Waals surface area contributed by atoms with Crippen LogP contribution in [0, 0.1) is 5.92 Å². The lowest BCUT2D eigenvalue weighted by Crippen LogP contribution is -2.56. The van der Waals surface area contributed by atoms with Gasteiger partial charge in [-0.2, -0.15) is 0 Å². The van der Waals surface area contributed by atoms with Gasteiger partial charge in [-0.05, 0) is 37.3 Å². The van der Waals surface area contributed by atoms with E-state index >= 15 is 0 Å². The van der Waals surface area contributed by atoms with Gasteiger partial charge in [0.2, 0.25) is 11.8 Å². The maximum atomic E-state index is 12.8. The predicted octanol–water partition coefficient (Wildman–Crippen LogP) is 0.396. The van der Waals surface area contributed by atoms with Crippen molar-refractivity contribution in [3.8, 4) is 0 Å². The number of carboxylic acids is 1. The second-order valence-electron chi connectivity index (χ2n) is 7.20. The Morgan fingerprint density at radius 1 is 1.00 bits per heavy atom. The van der Waals surface area contributed by atoms with Crippen LogP contribution in [-0.4, -0.2) is 47.6 Å². The Labute approximate surface area is 166 Å². The van der Waals surface area contributed by atoms with Crippen LogP contribution in [0.3, 0.4) is 0 Å². The molecule has 0 heterocycles. The van der Waals surface area contributed by atoms with Crippen LogP contribution in [-0.2, 0) is 20.8 Å². The van der Waals surface area contributed by atoms with Gasteiger partial charge in [-0.25, -0.2) is 4.79 Å². The second kappa shape index (κ2) is 12.1. The quantitative estimate of drug-likeness (QED) is 0.325. The van der Waals surface area contributed by atoms with E-state index in [1.807, 2.05) is 44.2 Å². The number of hydrogen-bond donors (Lipinski definition) is 5. The summed E-state index contributed by atoms with van der Waals surface area (Å²) in [4.78, 5) is 36.6. The van der Waals surface area contributed by atoms with Crippen LogP contribution < -0.4 is 22.1 Å². The van der Waals surface area contributed by atoms with Crippen molar-refractivity contribution in [3.05, 3.63) is 35.9 Å². The summed E-state index contributed by atoms with van der Waals surface area (Å²) in [5.41, 5.74) is 12.2. The first kappa shape index (κ1) is 23.6. The Morgan fingerprint density at radius 3 is 2.14 bits per heavy atom. The van der Waals surface area contributed by atoms with Crippen LogP contribution in [0.2, 0.25) is 0 Å². The topological polar surface area (TPSA) is 148 Å². The third kappa shape index (κ3) is 8.06. The Hall–Kier alpha value is -2.45. The predicted molar refractivity (Wildman–Crippen MR) is 107 cm³/mol. The largest absolute Gasteiger partial charge is 0.480 e. The standard InChI is InChI=1S/C20H32N4O4/c1-13(2)17(22)19(26)24-16(12-14-8-4-3-5-9-14)18(25)23-15(20(27)28)10-6-7-11-21/h3-5,8-9,13,15-17H,6-7,10-12,21-22H2,1-2H3,(H,23,25)(H,24,26)(H,27,28). The van der Waals surface area contributed by atoms with Crippen LogP contribution in [0.4, 0.5) is 0 Å². The number of carboxylic acid groups (broad SMARTS) is 1. The van der Waals surface area contributed by atoms with Gasteiger partial charge < -0.3 is 27.2 Å². The van der Waals surface area contributed by atoms with Gasteiger partial charge in [0.05, 0.1) is 6.04 Å². The maximum Gasteiger partial charge on any atom is 0.326 e. The Bertz CT molecular complexity index is 636. The summed E-state index contributed by atoms with van der Waals surface area (Å²) in [6.45, 7) is 4.09. The summed E-state index contributed by atoms with van der Waals surface area (Å²) in [6, 6.07) is 6.48. The fourth-order valence-corrected chi connectivity index (χ4v) is 2.65. The highest BCUT2D eigenvalue weighted by molar-refractivity contribution is 5.92. The second-order valence-corrected chi connectivity index (χ2v) is 7.20. The summed E-state index contributed by atoms with van der Waals surface area (Å²) in [5, 5.41) is 14.6. The van der Waals surface area contributed by atoms with Crippen molar-refractivity contribution in [2.45, 2.75) is 57.7 Å². The number of carbonyl (C=O) groups excluding carboxylic acids is 2. The molecule has 3 atom stereocenters. The molecule has 1 rings (SSSR count). The first-order valence-electron chi connectivity index (χ1n) is 9.59. The zero-order valence-corrected chi connectivity index (χ0v) is 16.6. The van der Waals surface area contributed by atoms with Crippen LogP contribution in [0.25, 0.3) is 0 Å². The van der Waals surface area contributed by atoms with E-state index in [-0.39, 0.29) is 18.8 Å². The number of benzene rings is 1. The van der Waals surface area contributed by atoms with Crippen molar-refractivity contribution >= 4 is 17.8 Å². The fourth-order valence-electron chi connectivity index (χ4n) is 2.65. The molecule has 7 N–H and O–H groups in total. The molecule has 1 aromatic rings. The van der Waals surface area contributed by atoms with Crippen molar-refractivity contribution in [1.82, 2.24) is 10.6 Å². The van der Waals surface area contributed by atoms with Gasteiger partial charge >= 0.3 is 5.97 Å². The minimum absolute atomic E-state index is 0.0940. The number of nitrogens with one attached hydrogen (secondary N) is 2. The summed E-state index contributed by atoms with van der Waals surface area (Å²) in [6.07, 6.45) is 1.77. The molecule has 0 spiro atoms. The van der Waals surface area contributed by atoms with E-state index in [0.717, 1.165) is 5.56 Å². The van der Waals surface area contributed by atoms with Crippen LogP contribution in [0.1, 0.15) is 38.7 Å². The molecule has 0 saturated carbocycles. The number of aliphatic carboxylic acids is 1. The van der Waals surface area contributed by atoms with E-state index < -0.39 is 35.9 Å². The van der Waals surface area contributed by atoms with Crippen molar-refractivity contribution in [2.75, 3.05) is 6.54 Å². The molecule has 0 fully saturated rings. The molecule has 1 aromatic carbocycles. The molecule has 0 aliphatic heterocycles. The van der Waals surface area contributed by atoms with Gasteiger partial charge in [-0.15, -0.1) is 0 Å². The molecule has 0 radical (unpaired) electrons. The lowest BCUT2D eigenvalue weighted by molar-refractivity contribution is -0.142. The summed E-state index contributed by atoms with van der Waals surface area (Å²) < 4.78 is 0. The molecule has 0 aromatic heterocycles. The molecule has 3 unspecified atom stereocenters. The minimum Gasteiger partial charge on any atom is -0.480 e. The first-order valence-corrected chi connectivity index (χ1v) is 9.59. The van der Waals surface area contributed by atoms with Crippen LogP contribution in [0.15, 0.2) is 30.3 Å².